The molecule has 0 aliphatic carbocycles. The molecule has 1 fully saturated rings. The molecule has 0 spiro atoms. The summed E-state index contributed by atoms with van der Waals surface area (Å²) in [5, 5.41) is 22.2. The fourth-order valence-corrected chi connectivity index (χ4v) is 4.75. The Kier molecular flexibility index (Phi) is 7.72. The van der Waals surface area contributed by atoms with Crippen molar-refractivity contribution in [1.29, 1.82) is 0 Å². The summed E-state index contributed by atoms with van der Waals surface area (Å²) < 4.78 is 6.20. The summed E-state index contributed by atoms with van der Waals surface area (Å²) >= 11 is 0. The number of benzene rings is 3. The first kappa shape index (κ1) is 22.7. The fourth-order valence-electron chi connectivity index (χ4n) is 4.75. The third kappa shape index (κ3) is 5.45. The molecule has 4 rings (SSSR count). The average molecular weight is 432 g/mol. The van der Waals surface area contributed by atoms with E-state index in [4.69, 9.17) is 4.74 Å². The molecular weight excluding hydrogens is 398 g/mol. The van der Waals surface area contributed by atoms with E-state index in [1.165, 1.54) is 5.56 Å². The van der Waals surface area contributed by atoms with E-state index in [-0.39, 0.29) is 18.8 Å². The summed E-state index contributed by atoms with van der Waals surface area (Å²) in [5.74, 6) is 0. The predicted molar refractivity (Wildman–Crippen MR) is 127 cm³/mol. The van der Waals surface area contributed by atoms with Crippen molar-refractivity contribution in [1.82, 2.24) is 4.90 Å². The second kappa shape index (κ2) is 10.9. The molecule has 0 aromatic heterocycles. The van der Waals surface area contributed by atoms with Crippen LogP contribution < -0.4 is 0 Å². The van der Waals surface area contributed by atoms with Gasteiger partial charge in [-0.25, -0.2) is 0 Å². The highest BCUT2D eigenvalue weighted by Crippen LogP contribution is 2.36. The van der Waals surface area contributed by atoms with Crippen LogP contribution in [0.2, 0.25) is 0 Å². The van der Waals surface area contributed by atoms with Crippen LogP contribution in [0.3, 0.4) is 0 Å². The summed E-state index contributed by atoms with van der Waals surface area (Å²) in [7, 11) is 0. The van der Waals surface area contributed by atoms with E-state index in [9.17, 15) is 10.2 Å². The van der Waals surface area contributed by atoms with Crippen molar-refractivity contribution in [2.45, 2.75) is 43.6 Å². The number of aliphatic hydroxyl groups excluding tert-OH is 1. The zero-order valence-electron chi connectivity index (χ0n) is 18.5. The maximum absolute atomic E-state index is 12.0. The molecule has 3 aromatic rings. The molecule has 1 unspecified atom stereocenters. The molecule has 168 valence electrons. The molecule has 0 radical (unpaired) electrons. The number of hydrogen-bond acceptors (Lipinski definition) is 4. The molecule has 1 aliphatic rings. The smallest absolute Gasteiger partial charge is 0.149 e. The second-order valence-electron chi connectivity index (χ2n) is 8.65. The van der Waals surface area contributed by atoms with E-state index in [1.807, 2.05) is 71.6 Å². The minimum atomic E-state index is -1.21. The Balaban J connectivity index is 1.45. The number of rotatable bonds is 10. The number of nitrogens with zero attached hydrogens (tertiary/aromatic N) is 1. The van der Waals surface area contributed by atoms with Gasteiger partial charge in [-0.2, -0.15) is 0 Å². The van der Waals surface area contributed by atoms with E-state index in [2.05, 4.69) is 24.3 Å². The van der Waals surface area contributed by atoms with Crippen molar-refractivity contribution in [2.75, 3.05) is 19.8 Å². The lowest BCUT2D eigenvalue weighted by Crippen LogP contribution is -2.51. The second-order valence-corrected chi connectivity index (χ2v) is 8.65. The van der Waals surface area contributed by atoms with Crippen molar-refractivity contribution >= 4 is 0 Å². The van der Waals surface area contributed by atoms with E-state index >= 15 is 0 Å². The number of ether oxygens (including phenoxy) is 1. The Bertz CT molecular complexity index is 935. The summed E-state index contributed by atoms with van der Waals surface area (Å²) in [4.78, 5) is 2.04. The van der Waals surface area contributed by atoms with Crippen molar-refractivity contribution in [3.05, 3.63) is 108 Å². The van der Waals surface area contributed by atoms with E-state index in [0.717, 1.165) is 24.0 Å². The van der Waals surface area contributed by atoms with Gasteiger partial charge in [0.15, 0.2) is 0 Å². The average Bonchev–Trinajstić information content (AvgIpc) is 3.28. The van der Waals surface area contributed by atoms with Crippen LogP contribution in [0, 0.1) is 0 Å². The minimum absolute atomic E-state index is 0.00562. The van der Waals surface area contributed by atoms with E-state index in [0.29, 0.717) is 26.0 Å². The normalized spacial score (nSPS) is 20.8. The van der Waals surface area contributed by atoms with Gasteiger partial charge in [-0.15, -0.1) is 0 Å². The first-order valence-electron chi connectivity index (χ1n) is 11.5. The summed E-state index contributed by atoms with van der Waals surface area (Å²) in [6.45, 7) is 1.26. The van der Waals surface area contributed by atoms with Gasteiger partial charge in [0.25, 0.3) is 0 Å². The van der Waals surface area contributed by atoms with E-state index < -0.39 is 5.72 Å². The number of likely N-dealkylation sites (tertiary alicyclic amines) is 1. The maximum Gasteiger partial charge on any atom is 0.149 e. The van der Waals surface area contributed by atoms with Crippen LogP contribution in [0.25, 0.3) is 0 Å². The van der Waals surface area contributed by atoms with Crippen LogP contribution in [0.4, 0.5) is 0 Å². The molecule has 1 saturated heterocycles. The highest BCUT2D eigenvalue weighted by Gasteiger charge is 2.45. The van der Waals surface area contributed by atoms with E-state index in [1.54, 1.807) is 0 Å². The number of aliphatic hydroxyl groups is 2. The zero-order valence-corrected chi connectivity index (χ0v) is 18.5. The lowest BCUT2D eigenvalue weighted by molar-refractivity contribution is -0.132. The van der Waals surface area contributed by atoms with Crippen LogP contribution in [-0.4, -0.2) is 47.0 Å². The Morgan fingerprint density at radius 2 is 1.44 bits per heavy atom. The van der Waals surface area contributed by atoms with Crippen LogP contribution in [0.5, 0.6) is 0 Å². The SMILES string of the molecule is OC[C@@H]1C[C@H](OCCCc2ccccc2)CN1C(O)(Cc1ccccc1)c1ccccc1. The van der Waals surface area contributed by atoms with Gasteiger partial charge in [0.1, 0.15) is 5.72 Å². The monoisotopic (exact) mass is 431 g/mol. The number of hydrogen-bond donors (Lipinski definition) is 2. The highest BCUT2D eigenvalue weighted by molar-refractivity contribution is 5.27. The van der Waals surface area contributed by atoms with Gasteiger partial charge in [0.2, 0.25) is 0 Å². The molecule has 0 bridgehead atoms. The Labute approximate surface area is 191 Å². The third-order valence-corrected chi connectivity index (χ3v) is 6.40. The summed E-state index contributed by atoms with van der Waals surface area (Å²) in [6.07, 6.45) is 3.11. The molecule has 3 aromatic carbocycles. The maximum atomic E-state index is 12.0. The Morgan fingerprint density at radius 3 is 2.06 bits per heavy atom. The molecule has 1 aliphatic heterocycles. The van der Waals surface area contributed by atoms with Gasteiger partial charge >= 0.3 is 0 Å². The quantitative estimate of drug-likeness (QED) is 0.474. The Morgan fingerprint density at radius 1 is 0.844 bits per heavy atom. The molecule has 4 heteroatoms. The highest BCUT2D eigenvalue weighted by atomic mass is 16.5. The van der Waals surface area contributed by atoms with Gasteiger partial charge in [-0.05, 0) is 36.0 Å². The molecule has 4 nitrogen and oxygen atoms in total. The fraction of sp³-hybridized carbons (Fsp3) is 0.357. The minimum Gasteiger partial charge on any atom is -0.395 e. The van der Waals surface area contributed by atoms with Crippen molar-refractivity contribution < 1.29 is 14.9 Å². The summed E-state index contributed by atoms with van der Waals surface area (Å²) in [6, 6.07) is 30.1. The van der Waals surface area contributed by atoms with Crippen LogP contribution >= 0.6 is 0 Å². The molecular formula is C28H33NO3. The van der Waals surface area contributed by atoms with Crippen molar-refractivity contribution in [3.8, 4) is 0 Å². The topological polar surface area (TPSA) is 52.9 Å². The van der Waals surface area contributed by atoms with Gasteiger partial charge in [-0.1, -0.05) is 91.0 Å². The van der Waals surface area contributed by atoms with Gasteiger partial charge in [0, 0.05) is 25.6 Å². The standard InChI is InChI=1S/C28H33NO3/c30-22-26-19-27(32-18-10-15-23-11-4-1-5-12-23)21-29(26)28(31,25-16-8-3-9-17-25)20-24-13-6-2-7-14-24/h1-9,11-14,16-17,26-27,30-31H,10,15,18-22H2/t26-,27-,28?/m0/s1. The van der Waals surface area contributed by atoms with Gasteiger partial charge < -0.3 is 14.9 Å². The van der Waals surface area contributed by atoms with Crippen molar-refractivity contribution in [3.63, 3.8) is 0 Å². The van der Waals surface area contributed by atoms with Gasteiger partial charge in [-0.3, -0.25) is 4.90 Å². The molecule has 0 saturated carbocycles. The first-order valence-corrected chi connectivity index (χ1v) is 11.5. The van der Waals surface area contributed by atoms with Gasteiger partial charge in [0.05, 0.1) is 12.7 Å². The zero-order chi connectivity index (χ0) is 22.2. The van der Waals surface area contributed by atoms with Crippen LogP contribution in [0.1, 0.15) is 29.5 Å². The summed E-state index contributed by atoms with van der Waals surface area (Å²) in [5.41, 5.74) is 2.01. The lowest BCUT2D eigenvalue weighted by Gasteiger charge is -2.41. The first-order chi connectivity index (χ1) is 15.7. The molecule has 0 amide bonds. The third-order valence-electron chi connectivity index (χ3n) is 6.40. The number of aryl methyl sites for hydroxylation is 1. The molecule has 32 heavy (non-hydrogen) atoms. The predicted octanol–water partition coefficient (Wildman–Crippen LogP) is 4.16. The van der Waals surface area contributed by atoms with Crippen LogP contribution in [-0.2, 0) is 23.3 Å². The lowest BCUT2D eigenvalue weighted by atomic mass is 9.92. The molecule has 1 heterocycles. The Hall–Kier alpha value is -2.50. The molecule has 3 atom stereocenters. The largest absolute Gasteiger partial charge is 0.395 e. The molecule has 2 N–H and O–H groups in total. The van der Waals surface area contributed by atoms with Crippen LogP contribution in [0.15, 0.2) is 91.0 Å². The van der Waals surface area contributed by atoms with Crippen molar-refractivity contribution in [2.24, 2.45) is 0 Å².